The molecule has 0 bridgehead atoms. The highest BCUT2D eigenvalue weighted by Gasteiger charge is 2.33. The van der Waals surface area contributed by atoms with Crippen molar-refractivity contribution in [1.29, 1.82) is 5.26 Å². The van der Waals surface area contributed by atoms with Crippen molar-refractivity contribution in [2.75, 3.05) is 69.4 Å². The fourth-order valence-electron chi connectivity index (χ4n) is 6.01. The zero-order valence-corrected chi connectivity index (χ0v) is 25.0. The van der Waals surface area contributed by atoms with Crippen LogP contribution in [0.4, 0.5) is 11.5 Å². The summed E-state index contributed by atoms with van der Waals surface area (Å²) in [5.74, 6) is 0.649. The molecule has 3 aromatic rings. The lowest BCUT2D eigenvalue weighted by Gasteiger charge is -2.42. The van der Waals surface area contributed by atoms with E-state index < -0.39 is 0 Å². The van der Waals surface area contributed by atoms with Gasteiger partial charge in [0.15, 0.2) is 0 Å². The van der Waals surface area contributed by atoms with Crippen LogP contribution in [-0.2, 0) is 22.5 Å². The molecule has 2 fully saturated rings. The molecule has 0 spiro atoms. The molecular weight excluding hydrogens is 568 g/mol. The molecule has 0 unspecified atom stereocenters. The van der Waals surface area contributed by atoms with Crippen molar-refractivity contribution >= 4 is 39.8 Å². The molecule has 5 heterocycles. The third-order valence-corrected chi connectivity index (χ3v) is 8.88. The predicted molar refractivity (Wildman–Crippen MR) is 164 cm³/mol. The van der Waals surface area contributed by atoms with E-state index in [9.17, 15) is 10.1 Å². The monoisotopic (exact) mass is 602 g/mol. The van der Waals surface area contributed by atoms with Gasteiger partial charge in [-0.15, -0.1) is 0 Å². The summed E-state index contributed by atoms with van der Waals surface area (Å²) in [7, 11) is 2.07. The smallest absolute Gasteiger partial charge is 0.318 e. The second-order valence-electron chi connectivity index (χ2n) is 11.1. The van der Waals surface area contributed by atoms with E-state index >= 15 is 0 Å². The molecule has 0 N–H and O–H groups in total. The molecular formula is C31H35ClN8O3. The minimum atomic E-state index is -0.262. The van der Waals surface area contributed by atoms with E-state index in [1.54, 1.807) is 4.90 Å². The van der Waals surface area contributed by atoms with Gasteiger partial charge in [0.2, 0.25) is 5.91 Å². The number of piperazine rings is 1. The summed E-state index contributed by atoms with van der Waals surface area (Å²) < 4.78 is 11.5. The maximum atomic E-state index is 12.5. The van der Waals surface area contributed by atoms with Crippen LogP contribution in [0.2, 0.25) is 5.02 Å². The number of aromatic nitrogens is 3. The second-order valence-corrected chi connectivity index (χ2v) is 11.5. The Morgan fingerprint density at radius 2 is 2.12 bits per heavy atom. The molecule has 2 aromatic heterocycles. The molecule has 0 radical (unpaired) electrons. The number of ether oxygens (including phenoxy) is 2. The lowest BCUT2D eigenvalue weighted by atomic mass is 10.0. The standard InChI is InChI=1S/C31H35ClN8O3/c1-3-28(41)40-12-11-39(17-22(40)7-9-33)30-24-8-10-38(27-16-34-15-21-5-4-6-25(32)29(21)27)18-26(24)35-31(36-30)43-14-13-37(2)23-19-42-20-23/h3-6,15-16,22-23H,1,7-8,10-14,17-20H2,2H3/t22-/m0/s1. The Labute approximate surface area is 256 Å². The van der Waals surface area contributed by atoms with Crippen molar-refractivity contribution in [3.8, 4) is 12.1 Å². The number of hydrogen-bond donors (Lipinski definition) is 0. The van der Waals surface area contributed by atoms with Crippen LogP contribution >= 0.6 is 11.6 Å². The minimum Gasteiger partial charge on any atom is -0.462 e. The third-order valence-electron chi connectivity index (χ3n) is 8.56. The topological polar surface area (TPSA) is 111 Å². The Morgan fingerprint density at radius 3 is 2.88 bits per heavy atom. The first-order valence-corrected chi connectivity index (χ1v) is 15.0. The average Bonchev–Trinajstić information content (AvgIpc) is 2.99. The maximum Gasteiger partial charge on any atom is 0.318 e. The number of nitrogens with zero attached hydrogens (tertiary/aromatic N) is 8. The van der Waals surface area contributed by atoms with Crippen molar-refractivity contribution < 1.29 is 14.3 Å². The van der Waals surface area contributed by atoms with E-state index in [-0.39, 0.29) is 18.4 Å². The molecule has 0 saturated carbocycles. The van der Waals surface area contributed by atoms with Gasteiger partial charge >= 0.3 is 6.01 Å². The third kappa shape index (κ3) is 5.95. The summed E-state index contributed by atoms with van der Waals surface area (Å²) in [5, 5.41) is 12.2. The number of carbonyl (C=O) groups is 1. The van der Waals surface area contributed by atoms with Crippen LogP contribution in [0.15, 0.2) is 43.2 Å². The van der Waals surface area contributed by atoms with E-state index in [0.29, 0.717) is 56.3 Å². The molecule has 3 aliphatic heterocycles. The van der Waals surface area contributed by atoms with E-state index in [1.165, 1.54) is 6.08 Å². The summed E-state index contributed by atoms with van der Waals surface area (Å²) >= 11 is 6.66. The SMILES string of the molecule is C=CC(=O)N1CCN(c2nc(OCCN(C)C3COC3)nc3c2CCN(c2cncc4cccc(Cl)c24)C3)C[C@@H]1CC#N. The molecule has 6 rings (SSSR count). The summed E-state index contributed by atoms with van der Waals surface area (Å²) in [5.41, 5.74) is 2.91. The molecule has 3 aliphatic rings. The van der Waals surface area contributed by atoms with Gasteiger partial charge in [0, 0.05) is 55.3 Å². The number of hydrogen-bond acceptors (Lipinski definition) is 10. The van der Waals surface area contributed by atoms with E-state index in [4.69, 9.17) is 31.0 Å². The van der Waals surface area contributed by atoms with Gasteiger partial charge in [-0.1, -0.05) is 30.3 Å². The zero-order chi connectivity index (χ0) is 29.9. The summed E-state index contributed by atoms with van der Waals surface area (Å²) in [6.45, 7) is 9.12. The first kappa shape index (κ1) is 29.1. The number of halogens is 1. The van der Waals surface area contributed by atoms with Crippen LogP contribution in [0.5, 0.6) is 6.01 Å². The van der Waals surface area contributed by atoms with E-state index in [0.717, 1.165) is 59.8 Å². The molecule has 0 aliphatic carbocycles. The van der Waals surface area contributed by atoms with Crippen LogP contribution in [-0.4, -0.2) is 102 Å². The number of pyridine rings is 1. The molecule has 12 heteroatoms. The van der Waals surface area contributed by atoms with Crippen molar-refractivity contribution in [2.24, 2.45) is 0 Å². The van der Waals surface area contributed by atoms with E-state index in [2.05, 4.69) is 39.4 Å². The Morgan fingerprint density at radius 1 is 1.26 bits per heavy atom. The largest absolute Gasteiger partial charge is 0.462 e. The second kappa shape index (κ2) is 12.7. The molecule has 2 saturated heterocycles. The van der Waals surface area contributed by atoms with Crippen LogP contribution in [0.25, 0.3) is 10.8 Å². The highest BCUT2D eigenvalue weighted by Crippen LogP contribution is 2.36. The number of amides is 1. The molecule has 1 aromatic carbocycles. The Bertz CT molecular complexity index is 1550. The molecule has 1 atom stereocenters. The van der Waals surface area contributed by atoms with Gasteiger partial charge in [0.1, 0.15) is 12.4 Å². The number of carbonyl (C=O) groups excluding carboxylic acids is 1. The van der Waals surface area contributed by atoms with Crippen LogP contribution < -0.4 is 14.5 Å². The number of nitriles is 1. The first-order valence-electron chi connectivity index (χ1n) is 14.6. The molecule has 1 amide bonds. The van der Waals surface area contributed by atoms with Crippen LogP contribution in [0, 0.1) is 11.3 Å². The fourth-order valence-corrected chi connectivity index (χ4v) is 6.29. The van der Waals surface area contributed by atoms with Crippen molar-refractivity contribution in [2.45, 2.75) is 31.5 Å². The fraction of sp³-hybridized carbons (Fsp3) is 0.452. The molecule has 43 heavy (non-hydrogen) atoms. The Hall–Kier alpha value is -3.98. The van der Waals surface area contributed by atoms with Crippen molar-refractivity contribution in [3.05, 3.63) is 59.5 Å². The minimum absolute atomic E-state index is 0.160. The quantitative estimate of drug-likeness (QED) is 0.339. The van der Waals surface area contributed by atoms with Gasteiger partial charge in [-0.05, 0) is 25.6 Å². The summed E-state index contributed by atoms with van der Waals surface area (Å²) in [6, 6.07) is 8.56. The molecule has 11 nitrogen and oxygen atoms in total. The van der Waals surface area contributed by atoms with Crippen LogP contribution in [0.3, 0.4) is 0 Å². The first-order chi connectivity index (χ1) is 21.0. The normalized spacial score (nSPS) is 18.7. The zero-order valence-electron chi connectivity index (χ0n) is 24.3. The van der Waals surface area contributed by atoms with Gasteiger partial charge in [0.25, 0.3) is 0 Å². The van der Waals surface area contributed by atoms with Gasteiger partial charge < -0.3 is 24.2 Å². The van der Waals surface area contributed by atoms with Gasteiger partial charge in [-0.3, -0.25) is 14.7 Å². The number of likely N-dealkylation sites (N-methyl/N-ethyl adjacent to an activating group) is 1. The Kier molecular flexibility index (Phi) is 8.61. The maximum absolute atomic E-state index is 12.5. The predicted octanol–water partition coefficient (Wildman–Crippen LogP) is 3.07. The van der Waals surface area contributed by atoms with Crippen molar-refractivity contribution in [3.63, 3.8) is 0 Å². The van der Waals surface area contributed by atoms with Gasteiger partial charge in [-0.2, -0.15) is 15.2 Å². The Balaban J connectivity index is 1.30. The van der Waals surface area contributed by atoms with E-state index in [1.807, 2.05) is 30.6 Å². The molecule has 224 valence electrons. The van der Waals surface area contributed by atoms with Gasteiger partial charge in [0.05, 0.1) is 66.9 Å². The highest BCUT2D eigenvalue weighted by atomic mass is 35.5. The average molecular weight is 603 g/mol. The summed E-state index contributed by atoms with van der Waals surface area (Å²) in [4.78, 5) is 35.2. The summed E-state index contributed by atoms with van der Waals surface area (Å²) in [6.07, 6.45) is 5.95. The van der Waals surface area contributed by atoms with Crippen LogP contribution in [0.1, 0.15) is 17.7 Å². The lowest BCUT2D eigenvalue weighted by molar-refractivity contribution is -0.128. The number of rotatable bonds is 9. The highest BCUT2D eigenvalue weighted by molar-refractivity contribution is 6.36. The number of benzene rings is 1. The lowest BCUT2D eigenvalue weighted by Crippen LogP contribution is -2.55. The van der Waals surface area contributed by atoms with Gasteiger partial charge in [-0.25, -0.2) is 0 Å². The van der Waals surface area contributed by atoms with Crippen molar-refractivity contribution in [1.82, 2.24) is 24.8 Å². The number of fused-ring (bicyclic) bond motifs is 2. The number of anilines is 2.